The van der Waals surface area contributed by atoms with Crippen LogP contribution in [0.4, 0.5) is 0 Å². The highest BCUT2D eigenvalue weighted by atomic mass is 35.5. The molecule has 1 saturated carbocycles. The Kier molecular flexibility index (Phi) is 3.68. The number of rotatable bonds is 3. The molecule has 0 radical (unpaired) electrons. The molecule has 0 bridgehead atoms. The Bertz CT molecular complexity index is 114. The zero-order chi connectivity index (χ0) is 6.74. The topological polar surface area (TPSA) is 52.3 Å². The van der Waals surface area contributed by atoms with Gasteiger partial charge in [-0.25, -0.2) is 0 Å². The van der Waals surface area contributed by atoms with Crippen LogP contribution in [0.15, 0.2) is 0 Å². The van der Waals surface area contributed by atoms with Gasteiger partial charge in [0, 0.05) is 0 Å². The van der Waals surface area contributed by atoms with Gasteiger partial charge in [-0.05, 0) is 19.3 Å². The van der Waals surface area contributed by atoms with Crippen LogP contribution in [-0.2, 0) is 9.53 Å². The lowest BCUT2D eigenvalue weighted by molar-refractivity contribution is -0.131. The summed E-state index contributed by atoms with van der Waals surface area (Å²) in [7, 11) is 0. The Morgan fingerprint density at radius 1 is 1.60 bits per heavy atom. The Morgan fingerprint density at radius 2 is 2.20 bits per heavy atom. The molecule has 0 heterocycles. The molecule has 0 aromatic heterocycles. The molecule has 0 spiro atoms. The molecule has 1 fully saturated rings. The predicted molar refractivity (Wildman–Crippen MR) is 40.0 cm³/mol. The van der Waals surface area contributed by atoms with E-state index in [2.05, 4.69) is 4.74 Å². The van der Waals surface area contributed by atoms with Crippen LogP contribution in [0.3, 0.4) is 0 Å². The number of ether oxygens (including phenoxy) is 1. The molecule has 2 N–H and O–H groups in total. The van der Waals surface area contributed by atoms with E-state index in [1.54, 1.807) is 0 Å². The molecule has 4 heteroatoms. The SMILES string of the molecule is Cl.NC1(COC=O)CCC1. The van der Waals surface area contributed by atoms with Gasteiger partial charge in [0.2, 0.25) is 0 Å². The van der Waals surface area contributed by atoms with Gasteiger partial charge < -0.3 is 10.5 Å². The van der Waals surface area contributed by atoms with Crippen molar-refractivity contribution in [1.82, 2.24) is 0 Å². The molecular weight excluding hydrogens is 154 g/mol. The highest BCUT2D eigenvalue weighted by Crippen LogP contribution is 2.28. The van der Waals surface area contributed by atoms with E-state index in [1.165, 1.54) is 6.42 Å². The van der Waals surface area contributed by atoms with E-state index < -0.39 is 0 Å². The fourth-order valence-electron chi connectivity index (χ4n) is 0.975. The summed E-state index contributed by atoms with van der Waals surface area (Å²) in [4.78, 5) is 9.71. The lowest BCUT2D eigenvalue weighted by Crippen LogP contribution is -2.50. The fraction of sp³-hybridized carbons (Fsp3) is 0.833. The van der Waals surface area contributed by atoms with E-state index in [-0.39, 0.29) is 17.9 Å². The first kappa shape index (κ1) is 9.72. The number of hydrogen-bond acceptors (Lipinski definition) is 3. The maximum Gasteiger partial charge on any atom is 0.293 e. The van der Waals surface area contributed by atoms with Crippen LogP contribution in [0.25, 0.3) is 0 Å². The molecule has 0 atom stereocenters. The molecule has 0 amide bonds. The third-order valence-electron chi connectivity index (χ3n) is 1.79. The average Bonchev–Trinajstić information content (AvgIpc) is 1.79. The molecule has 0 aromatic carbocycles. The van der Waals surface area contributed by atoms with Crippen molar-refractivity contribution >= 4 is 18.9 Å². The van der Waals surface area contributed by atoms with Crippen molar-refractivity contribution in [1.29, 1.82) is 0 Å². The van der Waals surface area contributed by atoms with Crippen LogP contribution in [0.5, 0.6) is 0 Å². The zero-order valence-corrected chi connectivity index (χ0v) is 6.52. The standard InChI is InChI=1S/C6H11NO2.ClH/c7-6(2-1-3-6)4-9-5-8;/h5H,1-4,7H2;1H. The highest BCUT2D eigenvalue weighted by Gasteiger charge is 2.32. The Hall–Kier alpha value is -0.280. The van der Waals surface area contributed by atoms with Gasteiger partial charge in [0.05, 0.1) is 5.54 Å². The van der Waals surface area contributed by atoms with E-state index in [1.807, 2.05) is 0 Å². The summed E-state index contributed by atoms with van der Waals surface area (Å²) in [6.07, 6.45) is 3.14. The van der Waals surface area contributed by atoms with Crippen molar-refractivity contribution in [3.05, 3.63) is 0 Å². The first-order valence-corrected chi connectivity index (χ1v) is 3.11. The maximum atomic E-state index is 9.71. The number of hydrogen-bond donors (Lipinski definition) is 1. The molecule has 0 unspecified atom stereocenters. The van der Waals surface area contributed by atoms with Gasteiger partial charge in [0.15, 0.2) is 0 Å². The summed E-state index contributed by atoms with van der Waals surface area (Å²) < 4.78 is 4.53. The van der Waals surface area contributed by atoms with E-state index >= 15 is 0 Å². The second kappa shape index (κ2) is 3.78. The lowest BCUT2D eigenvalue weighted by atomic mass is 9.78. The van der Waals surface area contributed by atoms with Crippen LogP contribution in [0.2, 0.25) is 0 Å². The van der Waals surface area contributed by atoms with Crippen molar-refractivity contribution in [2.45, 2.75) is 24.8 Å². The minimum absolute atomic E-state index is 0. The number of carbonyl (C=O) groups excluding carboxylic acids is 1. The third kappa shape index (κ3) is 2.15. The first-order valence-electron chi connectivity index (χ1n) is 3.11. The minimum Gasteiger partial charge on any atom is -0.466 e. The summed E-state index contributed by atoms with van der Waals surface area (Å²) in [6.45, 7) is 0.837. The van der Waals surface area contributed by atoms with Crippen LogP contribution in [0.1, 0.15) is 19.3 Å². The number of halogens is 1. The van der Waals surface area contributed by atoms with Gasteiger partial charge in [-0.2, -0.15) is 0 Å². The number of carbonyl (C=O) groups is 1. The summed E-state index contributed by atoms with van der Waals surface area (Å²) in [5.41, 5.74) is 5.53. The molecule has 1 aliphatic rings. The second-order valence-electron chi connectivity index (χ2n) is 2.62. The molecule has 60 valence electrons. The van der Waals surface area contributed by atoms with Crippen LogP contribution in [0, 0.1) is 0 Å². The molecule has 0 aliphatic heterocycles. The minimum atomic E-state index is -0.180. The molecule has 3 nitrogen and oxygen atoms in total. The van der Waals surface area contributed by atoms with E-state index in [0.29, 0.717) is 13.1 Å². The molecule has 1 rings (SSSR count). The second-order valence-corrected chi connectivity index (χ2v) is 2.62. The maximum absolute atomic E-state index is 9.71. The van der Waals surface area contributed by atoms with Crippen molar-refractivity contribution in [2.24, 2.45) is 5.73 Å². The van der Waals surface area contributed by atoms with Crippen LogP contribution < -0.4 is 5.73 Å². The summed E-state index contributed by atoms with van der Waals surface area (Å²) in [6, 6.07) is 0. The van der Waals surface area contributed by atoms with Crippen LogP contribution in [-0.4, -0.2) is 18.6 Å². The number of nitrogens with two attached hydrogens (primary N) is 1. The summed E-state index contributed by atoms with van der Waals surface area (Å²) >= 11 is 0. The van der Waals surface area contributed by atoms with E-state index in [9.17, 15) is 4.79 Å². The molecule has 0 saturated heterocycles. The molecular formula is C6H12ClNO2. The van der Waals surface area contributed by atoms with Crippen molar-refractivity contribution in [2.75, 3.05) is 6.61 Å². The Morgan fingerprint density at radius 3 is 2.50 bits per heavy atom. The first-order chi connectivity index (χ1) is 4.27. The quantitative estimate of drug-likeness (QED) is 0.619. The van der Waals surface area contributed by atoms with Gasteiger partial charge in [-0.3, -0.25) is 4.79 Å². The van der Waals surface area contributed by atoms with E-state index in [4.69, 9.17) is 5.73 Å². The predicted octanol–water partition coefficient (Wildman–Crippen LogP) is 0.463. The fourth-order valence-corrected chi connectivity index (χ4v) is 0.975. The van der Waals surface area contributed by atoms with Crippen molar-refractivity contribution < 1.29 is 9.53 Å². The zero-order valence-electron chi connectivity index (χ0n) is 5.71. The van der Waals surface area contributed by atoms with Gasteiger partial charge >= 0.3 is 0 Å². The average molecular weight is 166 g/mol. The van der Waals surface area contributed by atoms with Gasteiger partial charge in [0.25, 0.3) is 6.47 Å². The third-order valence-corrected chi connectivity index (χ3v) is 1.79. The van der Waals surface area contributed by atoms with Gasteiger partial charge in [-0.15, -0.1) is 12.4 Å². The van der Waals surface area contributed by atoms with Gasteiger partial charge in [0.1, 0.15) is 6.61 Å². The van der Waals surface area contributed by atoms with Gasteiger partial charge in [-0.1, -0.05) is 0 Å². The Labute approximate surface area is 66.3 Å². The summed E-state index contributed by atoms with van der Waals surface area (Å²) in [5.74, 6) is 0. The smallest absolute Gasteiger partial charge is 0.293 e. The molecule has 0 aromatic rings. The lowest BCUT2D eigenvalue weighted by Gasteiger charge is -2.36. The van der Waals surface area contributed by atoms with Crippen molar-refractivity contribution in [3.63, 3.8) is 0 Å². The normalized spacial score (nSPS) is 20.1. The molecule has 10 heavy (non-hydrogen) atoms. The highest BCUT2D eigenvalue weighted by molar-refractivity contribution is 5.85. The molecule has 1 aliphatic carbocycles. The monoisotopic (exact) mass is 165 g/mol. The largest absolute Gasteiger partial charge is 0.466 e. The summed E-state index contributed by atoms with van der Waals surface area (Å²) in [5, 5.41) is 0. The van der Waals surface area contributed by atoms with Crippen molar-refractivity contribution in [3.8, 4) is 0 Å². The van der Waals surface area contributed by atoms with E-state index in [0.717, 1.165) is 12.8 Å². The van der Waals surface area contributed by atoms with Crippen LogP contribution >= 0.6 is 12.4 Å². The Balaban J connectivity index is 0.000000810.